The molecule has 140 valence electrons. The van der Waals surface area contributed by atoms with Gasteiger partial charge in [0.15, 0.2) is 6.10 Å². The largest absolute Gasteiger partial charge is 0.480 e. The zero-order valence-corrected chi connectivity index (χ0v) is 14.4. The van der Waals surface area contributed by atoms with Crippen LogP contribution in [-0.2, 0) is 32.1 Å². The fraction of sp³-hybridized carbons (Fsp3) is 0.250. The molecule has 1 N–H and O–H groups in total. The number of piperidine rings is 1. The lowest BCUT2D eigenvalue weighted by Gasteiger charge is -2.22. The molecule has 1 aliphatic heterocycles. The first-order valence-corrected chi connectivity index (χ1v) is 8.49. The lowest BCUT2D eigenvalue weighted by atomic mass is 10.1. The molecule has 0 radical (unpaired) electrons. The number of carbonyl (C=O) groups is 3. The Morgan fingerprint density at radius 1 is 1.15 bits per heavy atom. The van der Waals surface area contributed by atoms with E-state index >= 15 is 0 Å². The third kappa shape index (κ3) is 5.13. The number of halogens is 1. The number of imide groups is 1. The number of ether oxygens (including phenoxy) is 2. The molecule has 7 heteroatoms. The average Bonchev–Trinajstić information content (AvgIpc) is 2.65. The van der Waals surface area contributed by atoms with Crippen LogP contribution < -0.4 is 10.1 Å². The van der Waals surface area contributed by atoms with Crippen LogP contribution in [0.1, 0.15) is 24.0 Å². The van der Waals surface area contributed by atoms with Crippen LogP contribution in [0.2, 0.25) is 0 Å². The highest BCUT2D eigenvalue weighted by Crippen LogP contribution is 2.21. The molecule has 1 atom stereocenters. The van der Waals surface area contributed by atoms with Gasteiger partial charge >= 0.3 is 5.97 Å². The van der Waals surface area contributed by atoms with Crippen LogP contribution >= 0.6 is 0 Å². The zero-order valence-electron chi connectivity index (χ0n) is 14.4. The summed E-state index contributed by atoms with van der Waals surface area (Å²) in [5.41, 5.74) is 1.02. The molecule has 1 saturated heterocycles. The van der Waals surface area contributed by atoms with Crippen molar-refractivity contribution >= 4 is 17.8 Å². The molecule has 2 aromatic rings. The lowest BCUT2D eigenvalue weighted by Crippen LogP contribution is -2.46. The maximum atomic E-state index is 14.2. The third-order valence-corrected chi connectivity index (χ3v) is 4.07. The number of amides is 2. The molecule has 0 aromatic heterocycles. The van der Waals surface area contributed by atoms with Gasteiger partial charge in [0, 0.05) is 18.9 Å². The van der Waals surface area contributed by atoms with Crippen molar-refractivity contribution in [1.29, 1.82) is 0 Å². The highest BCUT2D eigenvalue weighted by atomic mass is 19.1. The molecule has 0 bridgehead atoms. The van der Waals surface area contributed by atoms with Crippen LogP contribution in [0.25, 0.3) is 0 Å². The smallest absolute Gasteiger partial charge is 0.310 e. The molecule has 2 amide bonds. The van der Waals surface area contributed by atoms with Crippen molar-refractivity contribution in [3.05, 3.63) is 65.5 Å². The summed E-state index contributed by atoms with van der Waals surface area (Å²) in [4.78, 5) is 34.7. The Morgan fingerprint density at radius 3 is 2.63 bits per heavy atom. The lowest BCUT2D eigenvalue weighted by molar-refractivity contribution is -0.144. The fourth-order valence-corrected chi connectivity index (χ4v) is 2.64. The number of benzene rings is 2. The average molecular weight is 371 g/mol. The first-order valence-electron chi connectivity index (χ1n) is 8.49. The zero-order chi connectivity index (χ0) is 19.2. The Balaban J connectivity index is 1.55. The highest BCUT2D eigenvalue weighted by Gasteiger charge is 2.28. The summed E-state index contributed by atoms with van der Waals surface area (Å²) >= 11 is 0. The molecule has 1 aliphatic rings. The van der Waals surface area contributed by atoms with Crippen LogP contribution in [0.15, 0.2) is 48.5 Å². The van der Waals surface area contributed by atoms with E-state index in [1.807, 2.05) is 30.3 Å². The van der Waals surface area contributed by atoms with E-state index in [0.29, 0.717) is 0 Å². The standard InChI is InChI=1S/C20H18FNO5/c21-16-11-15(27-17-8-9-18(23)22-20(17)25)7-6-14(16)10-19(24)26-12-13-4-2-1-3-5-13/h1-7,11,17H,8-10,12H2,(H,22,23,25). The summed E-state index contributed by atoms with van der Waals surface area (Å²) in [6, 6.07) is 13.2. The Hall–Kier alpha value is -3.22. The van der Waals surface area contributed by atoms with Crippen molar-refractivity contribution in [3.63, 3.8) is 0 Å². The molecule has 3 rings (SSSR count). The van der Waals surface area contributed by atoms with Crippen molar-refractivity contribution in [2.45, 2.75) is 32.0 Å². The molecule has 1 unspecified atom stereocenters. The van der Waals surface area contributed by atoms with Gasteiger partial charge in [-0.3, -0.25) is 19.7 Å². The number of hydrogen-bond acceptors (Lipinski definition) is 5. The van der Waals surface area contributed by atoms with Crippen LogP contribution in [0, 0.1) is 5.82 Å². The van der Waals surface area contributed by atoms with Crippen LogP contribution in [0.3, 0.4) is 0 Å². The minimum Gasteiger partial charge on any atom is -0.480 e. The maximum absolute atomic E-state index is 14.2. The van der Waals surface area contributed by atoms with Gasteiger partial charge in [0.05, 0.1) is 6.42 Å². The van der Waals surface area contributed by atoms with Gasteiger partial charge in [-0.15, -0.1) is 0 Å². The van der Waals surface area contributed by atoms with Gasteiger partial charge in [-0.05, 0) is 17.2 Å². The Labute approximate surface area is 155 Å². The second-order valence-corrected chi connectivity index (χ2v) is 6.13. The minimum atomic E-state index is -0.844. The molecular formula is C20H18FNO5. The number of hydrogen-bond donors (Lipinski definition) is 1. The predicted octanol–water partition coefficient (Wildman–Crippen LogP) is 2.30. The molecule has 6 nitrogen and oxygen atoms in total. The van der Waals surface area contributed by atoms with Crippen LogP contribution in [0.4, 0.5) is 4.39 Å². The second-order valence-electron chi connectivity index (χ2n) is 6.13. The van der Waals surface area contributed by atoms with Gasteiger partial charge in [0.25, 0.3) is 5.91 Å². The SMILES string of the molecule is O=C1CCC(Oc2ccc(CC(=O)OCc3ccccc3)c(F)c2)C(=O)N1. The van der Waals surface area contributed by atoms with Crippen LogP contribution in [0.5, 0.6) is 5.75 Å². The predicted molar refractivity (Wildman–Crippen MR) is 93.1 cm³/mol. The number of esters is 1. The minimum absolute atomic E-state index is 0.123. The first kappa shape index (κ1) is 18.6. The van der Waals surface area contributed by atoms with E-state index in [-0.39, 0.29) is 43.1 Å². The Bertz CT molecular complexity index is 853. The molecule has 0 saturated carbocycles. The van der Waals surface area contributed by atoms with E-state index in [9.17, 15) is 18.8 Å². The van der Waals surface area contributed by atoms with E-state index in [4.69, 9.17) is 9.47 Å². The Morgan fingerprint density at radius 2 is 1.93 bits per heavy atom. The van der Waals surface area contributed by atoms with E-state index in [1.54, 1.807) is 0 Å². The quantitative estimate of drug-likeness (QED) is 0.622. The van der Waals surface area contributed by atoms with Gasteiger partial charge in [-0.2, -0.15) is 0 Å². The molecular weight excluding hydrogens is 353 g/mol. The molecule has 0 aliphatic carbocycles. The monoisotopic (exact) mass is 371 g/mol. The van der Waals surface area contributed by atoms with Crippen LogP contribution in [-0.4, -0.2) is 23.9 Å². The molecule has 27 heavy (non-hydrogen) atoms. The molecule has 1 fully saturated rings. The van der Waals surface area contributed by atoms with Gasteiger partial charge < -0.3 is 9.47 Å². The maximum Gasteiger partial charge on any atom is 0.310 e. The second kappa shape index (κ2) is 8.44. The van der Waals surface area contributed by atoms with Gasteiger partial charge in [0.2, 0.25) is 5.91 Å². The van der Waals surface area contributed by atoms with E-state index in [2.05, 4.69) is 5.32 Å². The van der Waals surface area contributed by atoms with Gasteiger partial charge in [-0.1, -0.05) is 36.4 Å². The summed E-state index contributed by atoms with van der Waals surface area (Å²) in [5.74, 6) is -1.91. The van der Waals surface area contributed by atoms with Crippen molar-refractivity contribution in [2.75, 3.05) is 0 Å². The van der Waals surface area contributed by atoms with Crippen molar-refractivity contribution in [3.8, 4) is 5.75 Å². The van der Waals surface area contributed by atoms with E-state index < -0.39 is 23.8 Å². The van der Waals surface area contributed by atoms with Crippen molar-refractivity contribution < 1.29 is 28.2 Å². The summed E-state index contributed by atoms with van der Waals surface area (Å²) in [5, 5.41) is 2.17. The van der Waals surface area contributed by atoms with E-state index in [1.165, 1.54) is 12.1 Å². The third-order valence-electron chi connectivity index (χ3n) is 4.07. The highest BCUT2D eigenvalue weighted by molar-refractivity contribution is 5.99. The van der Waals surface area contributed by atoms with E-state index in [0.717, 1.165) is 11.6 Å². The van der Waals surface area contributed by atoms with Gasteiger partial charge in [-0.25, -0.2) is 4.39 Å². The van der Waals surface area contributed by atoms with Crippen molar-refractivity contribution in [2.24, 2.45) is 0 Å². The summed E-state index contributed by atoms with van der Waals surface area (Å²) in [7, 11) is 0. The Kier molecular flexibility index (Phi) is 5.80. The normalized spacial score (nSPS) is 16.6. The number of rotatable bonds is 6. The molecule has 0 spiro atoms. The molecule has 1 heterocycles. The summed E-state index contributed by atoms with van der Waals surface area (Å²) in [6.45, 7) is 0.123. The fourth-order valence-electron chi connectivity index (χ4n) is 2.64. The summed E-state index contributed by atoms with van der Waals surface area (Å²) < 4.78 is 24.8. The first-order chi connectivity index (χ1) is 13.0. The van der Waals surface area contributed by atoms with Crippen molar-refractivity contribution in [1.82, 2.24) is 5.32 Å². The summed E-state index contributed by atoms with van der Waals surface area (Å²) in [6.07, 6.45) is -0.648. The number of nitrogens with one attached hydrogen (secondary N) is 1. The topological polar surface area (TPSA) is 81.7 Å². The molecule has 2 aromatic carbocycles. The number of carbonyl (C=O) groups excluding carboxylic acids is 3. The van der Waals surface area contributed by atoms with Gasteiger partial charge in [0.1, 0.15) is 18.2 Å².